The molecule has 5 nitrogen and oxygen atoms in total. The fourth-order valence-electron chi connectivity index (χ4n) is 1.75. The molecule has 0 aliphatic rings. The lowest BCUT2D eigenvalue weighted by molar-refractivity contribution is 0.0696. The molecule has 0 bridgehead atoms. The van der Waals surface area contributed by atoms with Crippen molar-refractivity contribution in [3.05, 3.63) is 53.6 Å². The Hall–Kier alpha value is -2.82. The van der Waals surface area contributed by atoms with Crippen LogP contribution in [0.3, 0.4) is 0 Å². The largest absolute Gasteiger partial charge is 0.478 e. The predicted molar refractivity (Wildman–Crippen MR) is 77.5 cm³/mol. The molecule has 0 aliphatic heterocycles. The van der Waals surface area contributed by atoms with Crippen LogP contribution in [-0.4, -0.2) is 16.9 Å². The normalized spacial score (nSPS) is 10.1. The van der Waals surface area contributed by atoms with Gasteiger partial charge in [0.25, 0.3) is 0 Å². The molecular weight excluding hydrogens is 256 g/mol. The third kappa shape index (κ3) is 2.95. The van der Waals surface area contributed by atoms with Crippen LogP contribution < -0.4 is 11.1 Å². The van der Waals surface area contributed by atoms with Crippen LogP contribution >= 0.6 is 0 Å². The smallest absolute Gasteiger partial charge is 0.335 e. The summed E-state index contributed by atoms with van der Waals surface area (Å²) in [5.74, 6) is -1.02. The Kier molecular flexibility index (Phi) is 3.70. The van der Waals surface area contributed by atoms with Crippen molar-refractivity contribution >= 4 is 28.8 Å². The van der Waals surface area contributed by atoms with E-state index < -0.39 is 5.97 Å². The van der Waals surface area contributed by atoms with Gasteiger partial charge in [0.15, 0.2) is 5.78 Å². The van der Waals surface area contributed by atoms with E-state index in [9.17, 15) is 9.59 Å². The van der Waals surface area contributed by atoms with Gasteiger partial charge in [-0.05, 0) is 49.4 Å². The van der Waals surface area contributed by atoms with E-state index >= 15 is 0 Å². The van der Waals surface area contributed by atoms with Gasteiger partial charge in [-0.3, -0.25) is 4.79 Å². The molecule has 5 heteroatoms. The lowest BCUT2D eigenvalue weighted by atomic mass is 10.1. The molecule has 4 N–H and O–H groups in total. The number of Topliss-reactive ketones (excluding diaryl/α,β-unsaturated/α-hetero) is 1. The number of rotatable bonds is 4. The SMILES string of the molecule is CC(=O)c1ccc(Nc2ccc(C(=O)O)cc2)c(N)c1. The minimum Gasteiger partial charge on any atom is -0.478 e. The average molecular weight is 270 g/mol. The van der Waals surface area contributed by atoms with Gasteiger partial charge >= 0.3 is 5.97 Å². The second kappa shape index (κ2) is 5.44. The molecule has 0 radical (unpaired) electrons. The van der Waals surface area contributed by atoms with Crippen molar-refractivity contribution in [2.45, 2.75) is 6.92 Å². The van der Waals surface area contributed by atoms with Crippen molar-refractivity contribution in [2.75, 3.05) is 11.1 Å². The lowest BCUT2D eigenvalue weighted by Crippen LogP contribution is -2.00. The number of nitrogen functional groups attached to an aromatic ring is 1. The summed E-state index contributed by atoms with van der Waals surface area (Å²) in [6.45, 7) is 1.48. The number of carbonyl (C=O) groups excluding carboxylic acids is 1. The summed E-state index contributed by atoms with van der Waals surface area (Å²) in [7, 11) is 0. The highest BCUT2D eigenvalue weighted by atomic mass is 16.4. The lowest BCUT2D eigenvalue weighted by Gasteiger charge is -2.10. The Morgan fingerprint density at radius 1 is 1.05 bits per heavy atom. The number of nitrogens with one attached hydrogen (secondary N) is 1. The standard InChI is InChI=1S/C15H14N2O3/c1-9(18)11-4-7-14(13(16)8-11)17-12-5-2-10(3-6-12)15(19)20/h2-8,17H,16H2,1H3,(H,19,20). The summed E-state index contributed by atoms with van der Waals surface area (Å²) in [6.07, 6.45) is 0. The van der Waals surface area contributed by atoms with E-state index in [1.165, 1.54) is 19.1 Å². The molecule has 2 aromatic rings. The molecule has 0 aromatic heterocycles. The van der Waals surface area contributed by atoms with Gasteiger partial charge in [-0.1, -0.05) is 0 Å². The van der Waals surface area contributed by atoms with Crippen molar-refractivity contribution in [1.29, 1.82) is 0 Å². The van der Waals surface area contributed by atoms with E-state index in [4.69, 9.17) is 10.8 Å². The predicted octanol–water partition coefficient (Wildman–Crippen LogP) is 2.91. The van der Waals surface area contributed by atoms with E-state index in [1.54, 1.807) is 30.3 Å². The molecule has 0 atom stereocenters. The van der Waals surface area contributed by atoms with Crippen molar-refractivity contribution in [3.63, 3.8) is 0 Å². The van der Waals surface area contributed by atoms with Crippen molar-refractivity contribution in [2.24, 2.45) is 0 Å². The number of carboxylic acid groups (broad SMARTS) is 1. The maximum Gasteiger partial charge on any atom is 0.335 e. The first-order chi connectivity index (χ1) is 9.47. The molecule has 0 spiro atoms. The molecule has 0 aliphatic carbocycles. The van der Waals surface area contributed by atoms with E-state index in [0.717, 1.165) is 5.69 Å². The third-order valence-corrected chi connectivity index (χ3v) is 2.87. The third-order valence-electron chi connectivity index (χ3n) is 2.87. The van der Waals surface area contributed by atoms with Crippen LogP contribution in [0.5, 0.6) is 0 Å². The topological polar surface area (TPSA) is 92.4 Å². The van der Waals surface area contributed by atoms with Gasteiger partial charge in [0, 0.05) is 11.3 Å². The van der Waals surface area contributed by atoms with Crippen LogP contribution in [0.25, 0.3) is 0 Å². The number of nitrogens with two attached hydrogens (primary N) is 1. The molecule has 0 fully saturated rings. The number of anilines is 3. The van der Waals surface area contributed by atoms with Crippen LogP contribution in [0.2, 0.25) is 0 Å². The van der Waals surface area contributed by atoms with Gasteiger partial charge in [0.05, 0.1) is 16.9 Å². The molecule has 102 valence electrons. The van der Waals surface area contributed by atoms with Crippen LogP contribution in [0.4, 0.5) is 17.1 Å². The molecule has 0 amide bonds. The van der Waals surface area contributed by atoms with Crippen molar-refractivity contribution in [3.8, 4) is 0 Å². The number of hydrogen-bond acceptors (Lipinski definition) is 4. The summed E-state index contributed by atoms with van der Waals surface area (Å²) in [5.41, 5.74) is 8.49. The number of carbonyl (C=O) groups is 2. The molecule has 0 saturated heterocycles. The molecule has 0 unspecified atom stereocenters. The fraction of sp³-hybridized carbons (Fsp3) is 0.0667. The first-order valence-electron chi connectivity index (χ1n) is 5.98. The van der Waals surface area contributed by atoms with Crippen LogP contribution in [0.15, 0.2) is 42.5 Å². The highest BCUT2D eigenvalue weighted by molar-refractivity contribution is 5.96. The van der Waals surface area contributed by atoms with Gasteiger partial charge in [0.2, 0.25) is 0 Å². The van der Waals surface area contributed by atoms with Crippen LogP contribution in [0.1, 0.15) is 27.6 Å². The fourth-order valence-corrected chi connectivity index (χ4v) is 1.75. The van der Waals surface area contributed by atoms with E-state index in [-0.39, 0.29) is 11.3 Å². The zero-order chi connectivity index (χ0) is 14.7. The van der Waals surface area contributed by atoms with Gasteiger partial charge in [-0.2, -0.15) is 0 Å². The van der Waals surface area contributed by atoms with E-state index in [2.05, 4.69) is 5.32 Å². The Morgan fingerprint density at radius 3 is 2.15 bits per heavy atom. The maximum atomic E-state index is 11.2. The summed E-state index contributed by atoms with van der Waals surface area (Å²) < 4.78 is 0. The highest BCUT2D eigenvalue weighted by Crippen LogP contribution is 2.24. The number of aromatic carboxylic acids is 1. The van der Waals surface area contributed by atoms with Gasteiger partial charge in [-0.25, -0.2) is 4.79 Å². The molecule has 0 heterocycles. The van der Waals surface area contributed by atoms with E-state index in [1.807, 2.05) is 0 Å². The van der Waals surface area contributed by atoms with Crippen LogP contribution in [-0.2, 0) is 0 Å². The average Bonchev–Trinajstić information content (AvgIpc) is 2.41. The van der Waals surface area contributed by atoms with Gasteiger partial charge in [0.1, 0.15) is 0 Å². The molecule has 0 saturated carbocycles. The van der Waals surface area contributed by atoms with Gasteiger partial charge in [-0.15, -0.1) is 0 Å². The number of benzene rings is 2. The molecule has 2 aromatic carbocycles. The second-order valence-corrected chi connectivity index (χ2v) is 4.37. The molecular formula is C15H14N2O3. The van der Waals surface area contributed by atoms with Crippen molar-refractivity contribution < 1.29 is 14.7 Å². The molecule has 2 rings (SSSR count). The summed E-state index contributed by atoms with van der Waals surface area (Å²) >= 11 is 0. The van der Waals surface area contributed by atoms with Crippen molar-refractivity contribution in [1.82, 2.24) is 0 Å². The van der Waals surface area contributed by atoms with Gasteiger partial charge < -0.3 is 16.2 Å². The monoisotopic (exact) mass is 270 g/mol. The zero-order valence-corrected chi connectivity index (χ0v) is 10.9. The second-order valence-electron chi connectivity index (χ2n) is 4.37. The summed E-state index contributed by atoms with van der Waals surface area (Å²) in [4.78, 5) is 22.0. The highest BCUT2D eigenvalue weighted by Gasteiger charge is 2.06. The Bertz CT molecular complexity index is 663. The van der Waals surface area contributed by atoms with E-state index in [0.29, 0.717) is 16.9 Å². The Balaban J connectivity index is 2.21. The maximum absolute atomic E-state index is 11.2. The number of hydrogen-bond donors (Lipinski definition) is 3. The summed E-state index contributed by atoms with van der Waals surface area (Å²) in [5, 5.41) is 11.9. The minimum absolute atomic E-state index is 0.0472. The van der Waals surface area contributed by atoms with Crippen LogP contribution in [0, 0.1) is 0 Å². The zero-order valence-electron chi connectivity index (χ0n) is 10.9. The number of carboxylic acids is 1. The minimum atomic E-state index is -0.970. The summed E-state index contributed by atoms with van der Waals surface area (Å²) in [6, 6.07) is 11.3. The first kappa shape index (κ1) is 13.6. The Morgan fingerprint density at radius 2 is 1.65 bits per heavy atom. The molecule has 20 heavy (non-hydrogen) atoms. The first-order valence-corrected chi connectivity index (χ1v) is 5.98. The quantitative estimate of drug-likeness (QED) is 0.586. The Labute approximate surface area is 116 Å². The number of ketones is 1.